The van der Waals surface area contributed by atoms with Gasteiger partial charge in [-0.15, -0.1) is 0 Å². The van der Waals surface area contributed by atoms with Gasteiger partial charge >= 0.3 is 0 Å². The highest BCUT2D eigenvalue weighted by Gasteiger charge is 2.35. The van der Waals surface area contributed by atoms with E-state index in [1.54, 1.807) is 6.20 Å². The minimum Gasteiger partial charge on any atom is -0.347 e. The van der Waals surface area contributed by atoms with Crippen LogP contribution in [-0.2, 0) is 23.1 Å². The molecule has 0 aliphatic heterocycles. The van der Waals surface area contributed by atoms with Gasteiger partial charge in [-0.25, -0.2) is 26.3 Å². The molecule has 1 aliphatic carbocycles. The summed E-state index contributed by atoms with van der Waals surface area (Å²) in [6.45, 7) is 6.76. The average molecular weight is 466 g/mol. The molecule has 1 aliphatic rings. The van der Waals surface area contributed by atoms with Gasteiger partial charge in [0.25, 0.3) is 6.43 Å². The lowest BCUT2D eigenvalue weighted by atomic mass is 9.96. The molecule has 172 valence electrons. The van der Waals surface area contributed by atoms with Gasteiger partial charge in [-0.3, -0.25) is 4.98 Å². The largest absolute Gasteiger partial charge is 0.347 e. The average Bonchev–Trinajstić information content (AvgIpc) is 3.51. The fraction of sp³-hybridized carbons (Fsp3) is 0.435. The third kappa shape index (κ3) is 4.68. The maximum Gasteiger partial charge on any atom is 0.265 e. The number of hydrogen-bond acceptors (Lipinski definition) is 3. The molecule has 0 spiro atoms. The molecule has 0 radical (unpaired) electrons. The van der Waals surface area contributed by atoms with Gasteiger partial charge in [0.2, 0.25) is 10.0 Å². The Morgan fingerprint density at radius 1 is 1.25 bits per heavy atom. The van der Waals surface area contributed by atoms with Gasteiger partial charge < -0.3 is 4.57 Å². The Morgan fingerprint density at radius 2 is 1.97 bits per heavy atom. The quantitative estimate of drug-likeness (QED) is 0.508. The molecule has 0 amide bonds. The normalized spacial score (nSPS) is 15.1. The molecule has 3 aromatic rings. The molecular formula is C23H26F3N3O2S. The number of fused-ring (bicyclic) bond motifs is 1. The maximum absolute atomic E-state index is 15.2. The zero-order valence-electron chi connectivity index (χ0n) is 18.2. The first kappa shape index (κ1) is 22.8. The summed E-state index contributed by atoms with van der Waals surface area (Å²) in [4.78, 5) is 4.02. The predicted molar refractivity (Wildman–Crippen MR) is 118 cm³/mol. The zero-order chi connectivity index (χ0) is 23.3. The number of nitrogens with one attached hydrogen (secondary N) is 1. The number of pyridine rings is 1. The molecule has 0 saturated heterocycles. The van der Waals surface area contributed by atoms with E-state index in [1.165, 1.54) is 30.5 Å². The third-order valence-corrected chi connectivity index (χ3v) is 7.35. The van der Waals surface area contributed by atoms with E-state index in [0.29, 0.717) is 35.9 Å². The van der Waals surface area contributed by atoms with Crippen molar-refractivity contribution in [1.82, 2.24) is 14.3 Å². The zero-order valence-corrected chi connectivity index (χ0v) is 19.0. The lowest BCUT2D eigenvalue weighted by Gasteiger charge is -2.20. The standard InChI is InChI=1S/C23H26F3N3O2S/c1-23(2,3)13-29-12-14(11-28-32(30,31)15-6-7-15)17-9-19(24)18(10-20(17)29)21-16(22(25)26)5-4-8-27-21/h4-5,8-10,12,15,22,28H,6-7,11,13H2,1-3H3. The predicted octanol–water partition coefficient (Wildman–Crippen LogP) is 5.41. The lowest BCUT2D eigenvalue weighted by Crippen LogP contribution is -2.26. The smallest absolute Gasteiger partial charge is 0.265 e. The van der Waals surface area contributed by atoms with Crippen molar-refractivity contribution < 1.29 is 21.6 Å². The summed E-state index contributed by atoms with van der Waals surface area (Å²) in [6.07, 6.45) is 1.67. The number of hydrogen-bond donors (Lipinski definition) is 1. The van der Waals surface area contributed by atoms with E-state index in [2.05, 4.69) is 9.71 Å². The van der Waals surface area contributed by atoms with Crippen LogP contribution in [0.5, 0.6) is 0 Å². The Bertz CT molecular complexity index is 1260. The second kappa shape index (κ2) is 8.19. The summed E-state index contributed by atoms with van der Waals surface area (Å²) in [5, 5.41) is 0.189. The summed E-state index contributed by atoms with van der Waals surface area (Å²) in [6, 6.07) is 5.45. The molecule has 9 heteroatoms. The Morgan fingerprint density at radius 3 is 2.59 bits per heavy atom. The van der Waals surface area contributed by atoms with Crippen molar-refractivity contribution in [3.05, 3.63) is 53.6 Å². The number of benzene rings is 1. The van der Waals surface area contributed by atoms with Crippen LogP contribution in [0.2, 0.25) is 0 Å². The number of sulfonamides is 1. The molecule has 0 bridgehead atoms. The lowest BCUT2D eigenvalue weighted by molar-refractivity contribution is 0.151. The molecule has 1 N–H and O–H groups in total. The second-order valence-electron chi connectivity index (χ2n) is 9.50. The highest BCUT2D eigenvalue weighted by atomic mass is 32.2. The van der Waals surface area contributed by atoms with Crippen molar-refractivity contribution in [1.29, 1.82) is 0 Å². The number of nitrogens with zero attached hydrogens (tertiary/aromatic N) is 2. The van der Waals surface area contributed by atoms with Crippen LogP contribution in [0.4, 0.5) is 13.2 Å². The number of halogens is 3. The van der Waals surface area contributed by atoms with Gasteiger partial charge in [0.15, 0.2) is 0 Å². The van der Waals surface area contributed by atoms with Crippen molar-refractivity contribution in [2.45, 2.75) is 58.4 Å². The molecule has 5 nitrogen and oxygen atoms in total. The summed E-state index contributed by atoms with van der Waals surface area (Å²) < 4.78 is 71.3. The summed E-state index contributed by atoms with van der Waals surface area (Å²) in [7, 11) is -3.40. The van der Waals surface area contributed by atoms with E-state index in [-0.39, 0.29) is 34.0 Å². The SMILES string of the molecule is CC(C)(C)Cn1cc(CNS(=O)(=O)C2CC2)c2cc(F)c(-c3ncccc3C(F)F)cc21. The molecule has 1 aromatic carbocycles. The molecule has 2 aromatic heterocycles. The minimum atomic E-state index is -3.40. The van der Waals surface area contributed by atoms with Crippen LogP contribution in [0, 0.1) is 11.2 Å². The van der Waals surface area contributed by atoms with Gasteiger partial charge in [-0.2, -0.15) is 0 Å². The number of alkyl halides is 2. The Labute approximate surface area is 185 Å². The maximum atomic E-state index is 15.2. The van der Waals surface area contributed by atoms with Crippen LogP contribution in [-0.4, -0.2) is 23.2 Å². The molecule has 0 unspecified atom stereocenters. The molecule has 4 rings (SSSR count). The van der Waals surface area contributed by atoms with E-state index >= 15 is 4.39 Å². The van der Waals surface area contributed by atoms with Crippen LogP contribution < -0.4 is 4.72 Å². The van der Waals surface area contributed by atoms with Crippen molar-refractivity contribution in [2.24, 2.45) is 5.41 Å². The fourth-order valence-corrected chi connectivity index (χ4v) is 5.19. The number of aromatic nitrogens is 2. The van der Waals surface area contributed by atoms with E-state index in [9.17, 15) is 17.2 Å². The Balaban J connectivity index is 1.83. The number of rotatable bonds is 7. The fourth-order valence-electron chi connectivity index (χ4n) is 3.84. The van der Waals surface area contributed by atoms with E-state index in [1.807, 2.05) is 25.3 Å². The molecular weight excluding hydrogens is 439 g/mol. The van der Waals surface area contributed by atoms with Crippen molar-refractivity contribution in [2.75, 3.05) is 0 Å². The topological polar surface area (TPSA) is 64.0 Å². The minimum absolute atomic E-state index is 0.00762. The summed E-state index contributed by atoms with van der Waals surface area (Å²) >= 11 is 0. The first-order valence-electron chi connectivity index (χ1n) is 10.5. The van der Waals surface area contributed by atoms with Crippen molar-refractivity contribution in [3.8, 4) is 11.3 Å². The van der Waals surface area contributed by atoms with Crippen LogP contribution in [0.3, 0.4) is 0 Å². The van der Waals surface area contributed by atoms with E-state index in [4.69, 9.17) is 0 Å². The monoisotopic (exact) mass is 465 g/mol. The van der Waals surface area contributed by atoms with Gasteiger partial charge in [0, 0.05) is 47.5 Å². The summed E-state index contributed by atoms with van der Waals surface area (Å²) in [5.41, 5.74) is 0.715. The highest BCUT2D eigenvalue weighted by Crippen LogP contribution is 2.35. The van der Waals surface area contributed by atoms with Crippen LogP contribution in [0.25, 0.3) is 22.2 Å². The summed E-state index contributed by atoms with van der Waals surface area (Å²) in [5.74, 6) is -0.682. The van der Waals surface area contributed by atoms with Crippen LogP contribution >= 0.6 is 0 Å². The van der Waals surface area contributed by atoms with Gasteiger partial charge in [-0.1, -0.05) is 20.8 Å². The first-order chi connectivity index (χ1) is 15.0. The first-order valence-corrected chi connectivity index (χ1v) is 12.0. The van der Waals surface area contributed by atoms with Gasteiger partial charge in [0.05, 0.1) is 10.9 Å². The van der Waals surface area contributed by atoms with Crippen molar-refractivity contribution in [3.63, 3.8) is 0 Å². The molecule has 0 atom stereocenters. The second-order valence-corrected chi connectivity index (χ2v) is 11.5. The molecule has 1 saturated carbocycles. The van der Waals surface area contributed by atoms with Crippen LogP contribution in [0.1, 0.15) is 51.2 Å². The molecule has 1 fully saturated rings. The third-order valence-electron chi connectivity index (χ3n) is 5.45. The molecule has 32 heavy (non-hydrogen) atoms. The van der Waals surface area contributed by atoms with E-state index < -0.39 is 22.3 Å². The molecule has 2 heterocycles. The van der Waals surface area contributed by atoms with Gasteiger partial charge in [-0.05, 0) is 48.1 Å². The van der Waals surface area contributed by atoms with Crippen molar-refractivity contribution >= 4 is 20.9 Å². The Hall–Kier alpha value is -2.39. The highest BCUT2D eigenvalue weighted by molar-refractivity contribution is 7.90. The Kier molecular flexibility index (Phi) is 5.83. The van der Waals surface area contributed by atoms with E-state index in [0.717, 1.165) is 0 Å². The van der Waals surface area contributed by atoms with Crippen LogP contribution in [0.15, 0.2) is 36.7 Å². The van der Waals surface area contributed by atoms with Gasteiger partial charge in [0.1, 0.15) is 5.82 Å².